The summed E-state index contributed by atoms with van der Waals surface area (Å²) in [7, 11) is -8.38. The lowest BCUT2D eigenvalue weighted by atomic mass is 10.6. The second-order valence-electron chi connectivity index (χ2n) is 2.28. The third-order valence-electron chi connectivity index (χ3n) is 0.902. The quantitative estimate of drug-likeness (QED) is 0.409. The van der Waals surface area contributed by atoms with Crippen LogP contribution in [0.3, 0.4) is 0 Å². The van der Waals surface area contributed by atoms with Crippen LogP contribution in [0.5, 0.6) is 0 Å². The van der Waals surface area contributed by atoms with E-state index in [1.807, 2.05) is 0 Å². The van der Waals surface area contributed by atoms with Crippen molar-refractivity contribution in [3.63, 3.8) is 0 Å². The first-order chi connectivity index (χ1) is 4.65. The first kappa shape index (κ1) is 11.6. The molecule has 0 aromatic rings. The monoisotopic (exact) mass is 206 g/mol. The SMILES string of the molecule is CC(C)[P+](O)(O)O[P+](O)(O)O. The van der Waals surface area contributed by atoms with Crippen LogP contribution in [0.1, 0.15) is 13.8 Å². The molecular formula is C3H12O6P2+2. The van der Waals surface area contributed by atoms with E-state index in [9.17, 15) is 0 Å². The fourth-order valence-electron chi connectivity index (χ4n) is 0.256. The maximum atomic E-state index is 8.92. The summed E-state index contributed by atoms with van der Waals surface area (Å²) < 4.78 is 3.89. The standard InChI is InChI=1S/C3H12O6P2/c1-3(2)10(4,5)9-11(6,7)8/h3-8H,1-2H3/q+2. The summed E-state index contributed by atoms with van der Waals surface area (Å²) in [6, 6.07) is 0. The average molecular weight is 206 g/mol. The van der Waals surface area contributed by atoms with E-state index in [2.05, 4.69) is 4.31 Å². The van der Waals surface area contributed by atoms with Gasteiger partial charge in [-0.25, -0.2) is 0 Å². The van der Waals surface area contributed by atoms with E-state index in [0.717, 1.165) is 0 Å². The Kier molecular flexibility index (Phi) is 3.76. The van der Waals surface area contributed by atoms with Crippen LogP contribution in [0.2, 0.25) is 0 Å². The summed E-state index contributed by atoms with van der Waals surface area (Å²) in [6.07, 6.45) is 0. The third-order valence-corrected chi connectivity index (χ3v) is 4.09. The smallest absolute Gasteiger partial charge is 0.189 e. The molecule has 0 rings (SSSR count). The van der Waals surface area contributed by atoms with Crippen LogP contribution in [0.4, 0.5) is 0 Å². The molecule has 11 heavy (non-hydrogen) atoms. The molecule has 68 valence electrons. The van der Waals surface area contributed by atoms with Gasteiger partial charge in [0.05, 0.1) is 4.31 Å². The van der Waals surface area contributed by atoms with Gasteiger partial charge in [-0.15, -0.1) is 0 Å². The Balaban J connectivity index is 4.13. The van der Waals surface area contributed by atoms with Crippen molar-refractivity contribution in [1.82, 2.24) is 0 Å². The van der Waals surface area contributed by atoms with Crippen LogP contribution < -0.4 is 0 Å². The molecule has 0 fully saturated rings. The second-order valence-corrected chi connectivity index (χ2v) is 6.17. The van der Waals surface area contributed by atoms with Gasteiger partial charge in [0.1, 0.15) is 5.66 Å². The molecule has 0 heterocycles. The topological polar surface area (TPSA) is 110 Å². The largest absolute Gasteiger partial charge is 0.612 e. The Labute approximate surface area is 65.3 Å². The Hall–Kier alpha value is 0.620. The van der Waals surface area contributed by atoms with Crippen molar-refractivity contribution < 1.29 is 28.8 Å². The van der Waals surface area contributed by atoms with Crippen molar-refractivity contribution in [1.29, 1.82) is 0 Å². The molecule has 0 saturated carbocycles. The normalized spacial score (nSPS) is 14.2. The third kappa shape index (κ3) is 4.95. The van der Waals surface area contributed by atoms with Gasteiger partial charge < -0.3 is 0 Å². The summed E-state index contributed by atoms with van der Waals surface area (Å²) in [5.41, 5.74) is -0.673. The zero-order valence-electron chi connectivity index (χ0n) is 6.12. The highest BCUT2D eigenvalue weighted by Gasteiger charge is 2.57. The predicted octanol–water partition coefficient (Wildman–Crippen LogP) is -0.187. The molecule has 0 aliphatic carbocycles. The Bertz CT molecular complexity index is 128. The fourth-order valence-corrected chi connectivity index (χ4v) is 2.30. The maximum Gasteiger partial charge on any atom is 0.612 e. The Morgan fingerprint density at radius 1 is 1.00 bits per heavy atom. The molecule has 5 N–H and O–H groups in total. The van der Waals surface area contributed by atoms with E-state index in [1.165, 1.54) is 13.8 Å². The van der Waals surface area contributed by atoms with E-state index in [1.54, 1.807) is 0 Å². The van der Waals surface area contributed by atoms with Gasteiger partial charge in [-0.1, -0.05) is 0 Å². The molecule has 6 nitrogen and oxygen atoms in total. The van der Waals surface area contributed by atoms with Crippen molar-refractivity contribution >= 4 is 16.1 Å². The molecule has 0 aromatic carbocycles. The second kappa shape index (κ2) is 3.56. The Morgan fingerprint density at radius 3 is 1.45 bits per heavy atom. The first-order valence-corrected chi connectivity index (χ1v) is 6.02. The molecule has 0 spiro atoms. The van der Waals surface area contributed by atoms with Crippen molar-refractivity contribution in [3.8, 4) is 0 Å². The van der Waals surface area contributed by atoms with E-state index in [-0.39, 0.29) is 0 Å². The molecule has 0 bridgehead atoms. The summed E-state index contributed by atoms with van der Waals surface area (Å²) in [4.78, 5) is 42.8. The average Bonchev–Trinajstić information content (AvgIpc) is 1.56. The van der Waals surface area contributed by atoms with Gasteiger partial charge in [0, 0.05) is 0 Å². The summed E-state index contributed by atoms with van der Waals surface area (Å²) in [5, 5.41) is 0. The molecule has 0 radical (unpaired) electrons. The minimum Gasteiger partial charge on any atom is -0.189 e. The fraction of sp³-hybridized carbons (Fsp3) is 1.00. The van der Waals surface area contributed by atoms with Gasteiger partial charge in [-0.05, 0) is 13.8 Å². The number of hydrogen-bond donors (Lipinski definition) is 5. The van der Waals surface area contributed by atoms with Crippen LogP contribution in [0, 0.1) is 0 Å². The molecular weight excluding hydrogens is 194 g/mol. The van der Waals surface area contributed by atoms with Gasteiger partial charge >= 0.3 is 16.1 Å². The lowest BCUT2D eigenvalue weighted by Gasteiger charge is -2.11. The van der Waals surface area contributed by atoms with Crippen molar-refractivity contribution in [2.45, 2.75) is 19.5 Å². The lowest BCUT2D eigenvalue weighted by molar-refractivity contribution is 0.208. The molecule has 8 heteroatoms. The van der Waals surface area contributed by atoms with Crippen molar-refractivity contribution in [3.05, 3.63) is 0 Å². The van der Waals surface area contributed by atoms with Crippen molar-refractivity contribution in [2.24, 2.45) is 0 Å². The zero-order valence-corrected chi connectivity index (χ0v) is 7.90. The van der Waals surface area contributed by atoms with Gasteiger partial charge in [0.25, 0.3) is 0 Å². The molecule has 0 saturated heterocycles. The molecule has 0 aliphatic rings. The van der Waals surface area contributed by atoms with Gasteiger partial charge in [0.15, 0.2) is 0 Å². The van der Waals surface area contributed by atoms with Gasteiger partial charge in [-0.3, -0.25) is 0 Å². The van der Waals surface area contributed by atoms with Crippen LogP contribution in [-0.2, 0) is 4.31 Å². The van der Waals surface area contributed by atoms with E-state index < -0.39 is 21.8 Å². The lowest BCUT2D eigenvalue weighted by Crippen LogP contribution is -2.08. The minimum absolute atomic E-state index is 0.673. The van der Waals surface area contributed by atoms with Crippen LogP contribution in [0.15, 0.2) is 0 Å². The van der Waals surface area contributed by atoms with Crippen LogP contribution >= 0.6 is 16.1 Å². The van der Waals surface area contributed by atoms with Crippen molar-refractivity contribution in [2.75, 3.05) is 0 Å². The van der Waals surface area contributed by atoms with E-state index in [4.69, 9.17) is 24.5 Å². The predicted molar refractivity (Wildman–Crippen MR) is 41.2 cm³/mol. The van der Waals surface area contributed by atoms with Crippen LogP contribution in [0.25, 0.3) is 0 Å². The number of hydrogen-bond acceptors (Lipinski definition) is 6. The molecule has 0 atom stereocenters. The maximum absolute atomic E-state index is 8.92. The summed E-state index contributed by atoms with van der Waals surface area (Å²) in [5.74, 6) is 0. The molecule has 0 aliphatic heterocycles. The Morgan fingerprint density at radius 2 is 1.36 bits per heavy atom. The highest BCUT2D eigenvalue weighted by atomic mass is 31.3. The number of rotatable bonds is 3. The highest BCUT2D eigenvalue weighted by molar-refractivity contribution is 7.70. The molecule has 0 amide bonds. The van der Waals surface area contributed by atoms with E-state index in [0.29, 0.717) is 0 Å². The molecule has 0 unspecified atom stereocenters. The molecule has 0 aromatic heterocycles. The minimum atomic E-state index is -4.54. The van der Waals surface area contributed by atoms with E-state index >= 15 is 0 Å². The van der Waals surface area contributed by atoms with Crippen LogP contribution in [-0.4, -0.2) is 30.1 Å². The first-order valence-electron chi connectivity index (χ1n) is 2.78. The highest BCUT2D eigenvalue weighted by Crippen LogP contribution is 2.68. The van der Waals surface area contributed by atoms with Gasteiger partial charge in [0.2, 0.25) is 0 Å². The summed E-state index contributed by atoms with van der Waals surface area (Å²) >= 11 is 0. The zero-order chi connectivity index (χ0) is 9.28. The van der Waals surface area contributed by atoms with Gasteiger partial charge in [-0.2, -0.15) is 24.5 Å². The summed E-state index contributed by atoms with van der Waals surface area (Å²) in [6.45, 7) is 2.84.